The molecular formula is C12H18FNO. The van der Waals surface area contributed by atoms with Crippen LogP contribution in [0.25, 0.3) is 0 Å². The first kappa shape index (κ1) is 12.1. The minimum atomic E-state index is -0.190. The van der Waals surface area contributed by atoms with Gasteiger partial charge in [0.05, 0.1) is 0 Å². The molecule has 1 rings (SSSR count). The van der Waals surface area contributed by atoms with Gasteiger partial charge in [0.1, 0.15) is 5.82 Å². The number of benzene rings is 1. The smallest absolute Gasteiger partial charge is 0.127 e. The molecule has 0 fully saturated rings. The standard InChI is InChI=1S/C12H18FNO/c1-12(2,7-8-15)14-9-10-5-3-4-6-11(10)13/h3-6,14-15H,7-9H2,1-2H3. The Morgan fingerprint density at radius 2 is 2.00 bits per heavy atom. The van der Waals surface area contributed by atoms with Crippen molar-refractivity contribution in [1.29, 1.82) is 0 Å². The number of nitrogens with one attached hydrogen (secondary N) is 1. The molecule has 84 valence electrons. The summed E-state index contributed by atoms with van der Waals surface area (Å²) in [5.41, 5.74) is 0.486. The first-order chi connectivity index (χ1) is 7.05. The third-order valence-corrected chi connectivity index (χ3v) is 2.45. The highest BCUT2D eigenvalue weighted by Crippen LogP contribution is 2.11. The molecule has 0 saturated heterocycles. The number of halogens is 1. The van der Waals surface area contributed by atoms with Crippen molar-refractivity contribution in [2.75, 3.05) is 6.61 Å². The van der Waals surface area contributed by atoms with Crippen LogP contribution in [0.2, 0.25) is 0 Å². The average Bonchev–Trinajstić information content (AvgIpc) is 2.16. The lowest BCUT2D eigenvalue weighted by Crippen LogP contribution is -2.39. The van der Waals surface area contributed by atoms with Gasteiger partial charge in [0.2, 0.25) is 0 Å². The van der Waals surface area contributed by atoms with Gasteiger partial charge in [-0.3, -0.25) is 0 Å². The molecule has 0 unspecified atom stereocenters. The summed E-state index contributed by atoms with van der Waals surface area (Å²) < 4.78 is 13.3. The second-order valence-corrected chi connectivity index (χ2v) is 4.30. The molecule has 15 heavy (non-hydrogen) atoms. The van der Waals surface area contributed by atoms with Crippen molar-refractivity contribution in [2.45, 2.75) is 32.4 Å². The molecule has 0 aromatic heterocycles. The van der Waals surface area contributed by atoms with Crippen LogP contribution in [0.15, 0.2) is 24.3 Å². The fourth-order valence-corrected chi connectivity index (χ4v) is 1.34. The molecule has 0 radical (unpaired) electrons. The van der Waals surface area contributed by atoms with Crippen molar-refractivity contribution in [1.82, 2.24) is 5.32 Å². The van der Waals surface area contributed by atoms with Gasteiger partial charge in [0, 0.05) is 24.3 Å². The highest BCUT2D eigenvalue weighted by Gasteiger charge is 2.16. The first-order valence-corrected chi connectivity index (χ1v) is 5.14. The lowest BCUT2D eigenvalue weighted by Gasteiger charge is -2.25. The van der Waals surface area contributed by atoms with Gasteiger partial charge in [0.15, 0.2) is 0 Å². The summed E-state index contributed by atoms with van der Waals surface area (Å²) in [6, 6.07) is 6.71. The quantitative estimate of drug-likeness (QED) is 0.781. The summed E-state index contributed by atoms with van der Waals surface area (Å²) in [7, 11) is 0. The van der Waals surface area contributed by atoms with Gasteiger partial charge in [-0.05, 0) is 26.3 Å². The molecule has 0 atom stereocenters. The maximum Gasteiger partial charge on any atom is 0.127 e. The Morgan fingerprint density at radius 1 is 1.33 bits per heavy atom. The Hall–Kier alpha value is -0.930. The number of aliphatic hydroxyl groups is 1. The van der Waals surface area contributed by atoms with Crippen molar-refractivity contribution >= 4 is 0 Å². The molecule has 2 nitrogen and oxygen atoms in total. The summed E-state index contributed by atoms with van der Waals surface area (Å²) in [4.78, 5) is 0. The third kappa shape index (κ3) is 3.98. The van der Waals surface area contributed by atoms with E-state index in [2.05, 4.69) is 5.32 Å². The van der Waals surface area contributed by atoms with Gasteiger partial charge in [-0.1, -0.05) is 18.2 Å². The fraction of sp³-hybridized carbons (Fsp3) is 0.500. The number of hydrogen-bond acceptors (Lipinski definition) is 2. The van der Waals surface area contributed by atoms with Crippen LogP contribution in [-0.2, 0) is 6.54 Å². The van der Waals surface area contributed by atoms with Gasteiger partial charge < -0.3 is 10.4 Å². The van der Waals surface area contributed by atoms with E-state index in [1.54, 1.807) is 12.1 Å². The first-order valence-electron chi connectivity index (χ1n) is 5.14. The van der Waals surface area contributed by atoms with Crippen LogP contribution < -0.4 is 5.32 Å². The molecule has 3 heteroatoms. The number of aliphatic hydroxyl groups excluding tert-OH is 1. The topological polar surface area (TPSA) is 32.3 Å². The predicted molar refractivity (Wildman–Crippen MR) is 59.0 cm³/mol. The normalized spacial score (nSPS) is 11.7. The summed E-state index contributed by atoms with van der Waals surface area (Å²) in [6.45, 7) is 4.60. The predicted octanol–water partition coefficient (Wildman–Crippen LogP) is 2.08. The van der Waals surface area contributed by atoms with Crippen LogP contribution in [0.1, 0.15) is 25.8 Å². The molecular weight excluding hydrogens is 193 g/mol. The van der Waals surface area contributed by atoms with E-state index in [1.807, 2.05) is 19.9 Å². The van der Waals surface area contributed by atoms with Crippen molar-refractivity contribution in [3.8, 4) is 0 Å². The Balaban J connectivity index is 2.53. The van der Waals surface area contributed by atoms with Crippen molar-refractivity contribution in [3.05, 3.63) is 35.6 Å². The van der Waals surface area contributed by atoms with Gasteiger partial charge >= 0.3 is 0 Å². The monoisotopic (exact) mass is 211 g/mol. The Kier molecular flexibility index (Phi) is 4.24. The molecule has 0 amide bonds. The highest BCUT2D eigenvalue weighted by atomic mass is 19.1. The third-order valence-electron chi connectivity index (χ3n) is 2.45. The van der Waals surface area contributed by atoms with Crippen molar-refractivity contribution in [3.63, 3.8) is 0 Å². The van der Waals surface area contributed by atoms with Crippen LogP contribution in [0, 0.1) is 5.82 Å². The number of rotatable bonds is 5. The largest absolute Gasteiger partial charge is 0.396 e. The van der Waals surface area contributed by atoms with E-state index in [1.165, 1.54) is 6.07 Å². The van der Waals surface area contributed by atoms with Crippen LogP contribution in [0.5, 0.6) is 0 Å². The maximum absolute atomic E-state index is 13.3. The van der Waals surface area contributed by atoms with Crippen LogP contribution in [0.3, 0.4) is 0 Å². The Bertz CT molecular complexity index is 312. The molecule has 0 aliphatic carbocycles. The number of hydrogen-bond donors (Lipinski definition) is 2. The molecule has 0 saturated carbocycles. The summed E-state index contributed by atoms with van der Waals surface area (Å²) in [5, 5.41) is 12.1. The lowest BCUT2D eigenvalue weighted by molar-refractivity contribution is 0.229. The summed E-state index contributed by atoms with van der Waals surface area (Å²) >= 11 is 0. The molecule has 0 heterocycles. The summed E-state index contributed by atoms with van der Waals surface area (Å²) in [6.07, 6.45) is 0.654. The molecule has 0 aliphatic heterocycles. The van der Waals surface area contributed by atoms with Crippen molar-refractivity contribution in [2.24, 2.45) is 0 Å². The zero-order valence-corrected chi connectivity index (χ0v) is 9.26. The SMILES string of the molecule is CC(C)(CCO)NCc1ccccc1F. The molecule has 0 spiro atoms. The molecule has 0 aliphatic rings. The van der Waals surface area contributed by atoms with Crippen LogP contribution >= 0.6 is 0 Å². The van der Waals surface area contributed by atoms with E-state index >= 15 is 0 Å². The second-order valence-electron chi connectivity index (χ2n) is 4.30. The Labute approximate surface area is 90.1 Å². The zero-order chi connectivity index (χ0) is 11.3. The van der Waals surface area contributed by atoms with E-state index in [0.29, 0.717) is 18.5 Å². The molecule has 1 aromatic rings. The van der Waals surface area contributed by atoms with Gasteiger partial charge in [-0.15, -0.1) is 0 Å². The lowest BCUT2D eigenvalue weighted by atomic mass is 10.0. The van der Waals surface area contributed by atoms with Crippen molar-refractivity contribution < 1.29 is 9.50 Å². The van der Waals surface area contributed by atoms with Gasteiger partial charge in [-0.2, -0.15) is 0 Å². The summed E-state index contributed by atoms with van der Waals surface area (Å²) in [5.74, 6) is -0.190. The van der Waals surface area contributed by atoms with Gasteiger partial charge in [-0.25, -0.2) is 4.39 Å². The minimum Gasteiger partial charge on any atom is -0.396 e. The van der Waals surface area contributed by atoms with Crippen LogP contribution in [-0.4, -0.2) is 17.3 Å². The van der Waals surface area contributed by atoms with Crippen LogP contribution in [0.4, 0.5) is 4.39 Å². The second kappa shape index (κ2) is 5.24. The van der Waals surface area contributed by atoms with E-state index in [9.17, 15) is 4.39 Å². The molecule has 2 N–H and O–H groups in total. The van der Waals surface area contributed by atoms with E-state index in [-0.39, 0.29) is 18.0 Å². The molecule has 1 aromatic carbocycles. The van der Waals surface area contributed by atoms with E-state index in [4.69, 9.17) is 5.11 Å². The zero-order valence-electron chi connectivity index (χ0n) is 9.26. The van der Waals surface area contributed by atoms with E-state index < -0.39 is 0 Å². The maximum atomic E-state index is 13.3. The fourth-order valence-electron chi connectivity index (χ4n) is 1.34. The average molecular weight is 211 g/mol. The van der Waals surface area contributed by atoms with Gasteiger partial charge in [0.25, 0.3) is 0 Å². The minimum absolute atomic E-state index is 0.136. The van der Waals surface area contributed by atoms with E-state index in [0.717, 1.165) is 0 Å². The highest BCUT2D eigenvalue weighted by molar-refractivity contribution is 5.17. The molecule has 0 bridgehead atoms. The Morgan fingerprint density at radius 3 is 2.60 bits per heavy atom.